The maximum atomic E-state index is 12.8. The van der Waals surface area contributed by atoms with E-state index in [-0.39, 0.29) is 0 Å². The minimum absolute atomic E-state index is 0.853. The van der Waals surface area contributed by atoms with Gasteiger partial charge in [0.2, 0.25) is 0 Å². The molecular weight excluding hydrogens is 656 g/mol. The van der Waals surface area contributed by atoms with Crippen LogP contribution in [0.5, 0.6) is 0 Å². The van der Waals surface area contributed by atoms with Crippen molar-refractivity contribution in [3.8, 4) is 0 Å². The van der Waals surface area contributed by atoms with Gasteiger partial charge in [0, 0.05) is 13.1 Å². The van der Waals surface area contributed by atoms with Crippen LogP contribution in [-0.4, -0.2) is 76.2 Å². The first kappa shape index (κ1) is 34.9. The molecule has 1 rings (SSSR count). The minimum Gasteiger partial charge on any atom is -0.202 e. The zero-order valence-electron chi connectivity index (χ0n) is 17.7. The monoisotopic (exact) mass is 670 g/mol. The molecule has 1 fully saturated rings. The lowest BCUT2D eigenvalue weighted by molar-refractivity contribution is -0.0551. The Morgan fingerprint density at radius 1 is 0.421 bits per heavy atom. The SMILES string of the molecule is O=S(=O)(N(CC1CCC(CN(S(=O)(=O)C(F)(F)F)S(=O)(=O)C(F)(F)F)CC1)S(=O)(=O)C(F)(F)F)C(F)(F)F. The van der Waals surface area contributed by atoms with Gasteiger partial charge in [-0.2, -0.15) is 52.7 Å². The average molecular weight is 670 g/mol. The highest BCUT2D eigenvalue weighted by atomic mass is 32.3. The molecule has 0 aliphatic heterocycles. The van der Waals surface area contributed by atoms with Crippen molar-refractivity contribution in [2.45, 2.75) is 47.7 Å². The molecule has 0 amide bonds. The Morgan fingerprint density at radius 3 is 0.711 bits per heavy atom. The Labute approximate surface area is 206 Å². The van der Waals surface area contributed by atoms with E-state index in [0.29, 0.717) is 0 Å². The fraction of sp³-hybridized carbons (Fsp3) is 1.00. The van der Waals surface area contributed by atoms with Crippen LogP contribution in [0.4, 0.5) is 52.7 Å². The van der Waals surface area contributed by atoms with Gasteiger partial charge in [0.05, 0.1) is 0 Å². The maximum absolute atomic E-state index is 12.8. The number of nitrogens with zero attached hydrogens (tertiary/aromatic N) is 2. The average Bonchev–Trinajstić information content (AvgIpc) is 2.67. The van der Waals surface area contributed by atoms with Crippen LogP contribution in [0.15, 0.2) is 0 Å². The fourth-order valence-electron chi connectivity index (χ4n) is 3.13. The largest absolute Gasteiger partial charge is 0.512 e. The summed E-state index contributed by atoms with van der Waals surface area (Å²) in [6.07, 6.45) is -3.41. The molecule has 0 atom stereocenters. The first-order valence-corrected chi connectivity index (χ1v) is 15.0. The molecule has 0 spiro atoms. The molecule has 0 saturated heterocycles. The number of rotatable bonds is 8. The van der Waals surface area contributed by atoms with Crippen molar-refractivity contribution in [1.82, 2.24) is 7.42 Å². The smallest absolute Gasteiger partial charge is 0.202 e. The van der Waals surface area contributed by atoms with Crippen LogP contribution in [0.1, 0.15) is 25.7 Å². The van der Waals surface area contributed by atoms with E-state index in [1.807, 2.05) is 0 Å². The molecule has 1 aliphatic carbocycles. The molecule has 0 aromatic carbocycles. The molecule has 1 aliphatic rings. The van der Waals surface area contributed by atoms with Gasteiger partial charge in [-0.05, 0) is 37.5 Å². The summed E-state index contributed by atoms with van der Waals surface area (Å²) in [5.74, 6) is -3.43. The molecule has 228 valence electrons. The lowest BCUT2D eigenvalue weighted by atomic mass is 9.82. The van der Waals surface area contributed by atoms with Crippen LogP contribution in [-0.2, 0) is 40.1 Å². The van der Waals surface area contributed by atoms with E-state index in [9.17, 15) is 86.4 Å². The van der Waals surface area contributed by atoms with Crippen LogP contribution < -0.4 is 0 Å². The molecule has 0 N–H and O–H groups in total. The van der Waals surface area contributed by atoms with Crippen molar-refractivity contribution in [2.75, 3.05) is 13.1 Å². The third-order valence-corrected chi connectivity index (χ3v) is 12.5. The second-order valence-electron chi connectivity index (χ2n) is 7.60. The van der Waals surface area contributed by atoms with Crippen molar-refractivity contribution >= 4 is 40.1 Å². The van der Waals surface area contributed by atoms with Crippen LogP contribution in [0.2, 0.25) is 0 Å². The summed E-state index contributed by atoms with van der Waals surface area (Å²) >= 11 is 0. The first-order chi connectivity index (χ1) is 16.4. The van der Waals surface area contributed by atoms with Crippen molar-refractivity contribution in [2.24, 2.45) is 11.8 Å². The molecule has 26 heteroatoms. The van der Waals surface area contributed by atoms with Crippen LogP contribution in [0, 0.1) is 11.8 Å². The number of alkyl halides is 12. The lowest BCUT2D eigenvalue weighted by Gasteiger charge is -2.34. The van der Waals surface area contributed by atoms with E-state index >= 15 is 0 Å². The number of halogens is 12. The third-order valence-electron chi connectivity index (χ3n) is 5.02. The Morgan fingerprint density at radius 2 is 0.579 bits per heavy atom. The molecule has 0 bridgehead atoms. The molecule has 0 heterocycles. The summed E-state index contributed by atoms with van der Waals surface area (Å²) < 4.78 is 242. The van der Waals surface area contributed by atoms with E-state index < -0.39 is 120 Å². The molecular formula is C12H14F12N2O8S4. The summed E-state index contributed by atoms with van der Waals surface area (Å²) in [5, 5.41) is 0. The van der Waals surface area contributed by atoms with Gasteiger partial charge >= 0.3 is 62.1 Å². The second-order valence-corrected chi connectivity index (χ2v) is 15.5. The van der Waals surface area contributed by atoms with Gasteiger partial charge in [-0.1, -0.05) is 7.42 Å². The van der Waals surface area contributed by atoms with Gasteiger partial charge in [-0.15, -0.1) is 0 Å². The number of sulfonamides is 4. The molecule has 38 heavy (non-hydrogen) atoms. The van der Waals surface area contributed by atoms with Crippen LogP contribution >= 0.6 is 0 Å². The quantitative estimate of drug-likeness (QED) is 0.359. The summed E-state index contributed by atoms with van der Waals surface area (Å²) in [7, 11) is -28.7. The van der Waals surface area contributed by atoms with Crippen molar-refractivity contribution in [1.29, 1.82) is 0 Å². The normalized spacial score (nSPS) is 21.7. The fourth-order valence-corrected chi connectivity index (χ4v) is 8.76. The number of hydrogen-bond donors (Lipinski definition) is 0. The van der Waals surface area contributed by atoms with Gasteiger partial charge in [-0.3, -0.25) is 0 Å². The minimum atomic E-state index is -7.17. The van der Waals surface area contributed by atoms with Crippen LogP contribution in [0.3, 0.4) is 0 Å². The molecule has 1 saturated carbocycles. The van der Waals surface area contributed by atoms with E-state index in [1.165, 1.54) is 0 Å². The van der Waals surface area contributed by atoms with Crippen molar-refractivity contribution in [3.63, 3.8) is 0 Å². The highest BCUT2D eigenvalue weighted by Crippen LogP contribution is 2.40. The van der Waals surface area contributed by atoms with E-state index in [4.69, 9.17) is 0 Å². The van der Waals surface area contributed by atoms with E-state index in [1.54, 1.807) is 0 Å². The van der Waals surface area contributed by atoms with Gasteiger partial charge in [0.15, 0.2) is 0 Å². The van der Waals surface area contributed by atoms with Crippen molar-refractivity contribution < 1.29 is 86.4 Å². The zero-order chi connectivity index (χ0) is 30.6. The predicted molar refractivity (Wildman–Crippen MR) is 98.8 cm³/mol. The highest BCUT2D eigenvalue weighted by Gasteiger charge is 2.63. The van der Waals surface area contributed by atoms with Gasteiger partial charge in [0.25, 0.3) is 0 Å². The Balaban J connectivity index is 3.28. The highest BCUT2D eigenvalue weighted by molar-refractivity contribution is 8.05. The molecule has 0 unspecified atom stereocenters. The van der Waals surface area contributed by atoms with Gasteiger partial charge in [0.1, 0.15) is 0 Å². The predicted octanol–water partition coefficient (Wildman–Crippen LogP) is 2.80. The van der Waals surface area contributed by atoms with Gasteiger partial charge in [-0.25, -0.2) is 33.7 Å². The Bertz CT molecular complexity index is 1100. The van der Waals surface area contributed by atoms with E-state index in [0.717, 1.165) is 0 Å². The Hall–Kier alpha value is -1.12. The van der Waals surface area contributed by atoms with Crippen molar-refractivity contribution in [3.05, 3.63) is 0 Å². The first-order valence-electron chi connectivity index (χ1n) is 9.23. The zero-order valence-corrected chi connectivity index (χ0v) is 21.0. The molecule has 0 radical (unpaired) electrons. The molecule has 0 aromatic heterocycles. The topological polar surface area (TPSA) is 143 Å². The summed E-state index contributed by atoms with van der Waals surface area (Å²) in [4.78, 5) is 0. The lowest BCUT2D eigenvalue weighted by Crippen LogP contribution is -2.52. The Kier molecular flexibility index (Phi) is 9.53. The molecule has 0 aromatic rings. The summed E-state index contributed by atoms with van der Waals surface area (Å²) in [6, 6.07) is 0. The number of hydrogen-bond acceptors (Lipinski definition) is 8. The molecule has 10 nitrogen and oxygen atoms in total. The third kappa shape index (κ3) is 6.77. The maximum Gasteiger partial charge on any atom is 0.512 e. The summed E-state index contributed by atoms with van der Waals surface area (Å²) in [6.45, 7) is -4.00. The standard InChI is InChI=1S/C12H14F12N2O8S4/c13-9(14,15)35(27,28)25(36(29,30)10(16,17)18)5-7-1-2-8(4-3-7)6-26(37(31,32)11(19,20)21)38(33,34)12(22,23)24/h7-8H,1-6H2. The second kappa shape index (κ2) is 10.4. The van der Waals surface area contributed by atoms with E-state index in [2.05, 4.69) is 0 Å². The summed E-state index contributed by atoms with van der Waals surface area (Å²) in [5.41, 5.74) is -26.2. The van der Waals surface area contributed by atoms with Gasteiger partial charge < -0.3 is 0 Å². The van der Waals surface area contributed by atoms with Crippen LogP contribution in [0.25, 0.3) is 0 Å².